The maximum Gasteiger partial charge on any atom is 0.239 e. The molecule has 126 valence electrons. The Kier molecular flexibility index (Phi) is 9.79. The molecule has 0 atom stereocenters. The molecule has 3 N–H and O–H groups in total. The van der Waals surface area contributed by atoms with Gasteiger partial charge in [-0.1, -0.05) is 0 Å². The van der Waals surface area contributed by atoms with Crippen molar-refractivity contribution in [1.82, 2.24) is 25.5 Å². The Bertz CT molecular complexity index is 452. The number of nitrogens with zero attached hydrogens (tertiary/aromatic N) is 3. The van der Waals surface area contributed by atoms with Crippen LogP contribution in [0.15, 0.2) is 23.7 Å². The van der Waals surface area contributed by atoms with E-state index in [4.69, 9.17) is 0 Å². The molecule has 8 heteroatoms. The molecule has 1 aromatic rings. The van der Waals surface area contributed by atoms with Crippen molar-refractivity contribution >= 4 is 35.8 Å². The number of nitrogens with one attached hydrogen (secondary N) is 3. The minimum Gasteiger partial charge on any atom is -0.356 e. The van der Waals surface area contributed by atoms with Crippen LogP contribution in [0.25, 0.3) is 0 Å². The molecule has 7 nitrogen and oxygen atoms in total. The number of aromatic nitrogens is 2. The van der Waals surface area contributed by atoms with Crippen molar-refractivity contribution in [3.63, 3.8) is 0 Å². The first kappa shape index (κ1) is 20.7. The summed E-state index contributed by atoms with van der Waals surface area (Å²) in [4.78, 5) is 19.8. The van der Waals surface area contributed by atoms with Gasteiger partial charge in [0, 0.05) is 38.1 Å². The van der Waals surface area contributed by atoms with Crippen LogP contribution in [0.1, 0.15) is 27.2 Å². The molecule has 1 rings (SSSR count). The summed E-state index contributed by atoms with van der Waals surface area (Å²) in [5.41, 5.74) is -0.222. The standard InChI is InChI=1S/C14H26N6O.HI/c1-14(2,3)19-12(21)10-18-13(15-4)17-6-5-8-20-9-7-16-11-20;/h7,9,11H,5-6,8,10H2,1-4H3,(H,19,21)(H2,15,17,18);1H. The Balaban J connectivity index is 0.00000441. The number of carbonyl (C=O) groups excluding carboxylic acids is 1. The number of hydrogen-bond acceptors (Lipinski definition) is 3. The first-order valence-electron chi connectivity index (χ1n) is 7.12. The molecular weight excluding hydrogens is 395 g/mol. The predicted octanol–water partition coefficient (Wildman–Crippen LogP) is 0.971. The van der Waals surface area contributed by atoms with Gasteiger partial charge in [0.1, 0.15) is 0 Å². The third kappa shape index (κ3) is 9.59. The smallest absolute Gasteiger partial charge is 0.239 e. The third-order valence-corrected chi connectivity index (χ3v) is 2.60. The second kappa shape index (κ2) is 10.4. The van der Waals surface area contributed by atoms with E-state index >= 15 is 0 Å². The molecule has 1 amide bonds. The molecule has 0 unspecified atom stereocenters. The molecule has 22 heavy (non-hydrogen) atoms. The number of carbonyl (C=O) groups is 1. The van der Waals surface area contributed by atoms with Crippen LogP contribution in [-0.4, -0.2) is 47.1 Å². The van der Waals surface area contributed by atoms with Gasteiger partial charge in [0.05, 0.1) is 12.9 Å². The molecule has 0 saturated heterocycles. The highest BCUT2D eigenvalue weighted by atomic mass is 127. The predicted molar refractivity (Wildman–Crippen MR) is 99.5 cm³/mol. The molecule has 0 aromatic carbocycles. The number of rotatable bonds is 6. The zero-order valence-corrected chi connectivity index (χ0v) is 16.0. The number of hydrogen-bond donors (Lipinski definition) is 3. The molecule has 0 aliphatic rings. The van der Waals surface area contributed by atoms with Crippen molar-refractivity contribution in [2.24, 2.45) is 4.99 Å². The highest BCUT2D eigenvalue weighted by molar-refractivity contribution is 14.0. The maximum atomic E-state index is 11.7. The number of guanidine groups is 1. The summed E-state index contributed by atoms with van der Waals surface area (Å²) < 4.78 is 2.02. The normalized spacial score (nSPS) is 11.5. The first-order chi connectivity index (χ1) is 9.90. The fraction of sp³-hybridized carbons (Fsp3) is 0.643. The van der Waals surface area contributed by atoms with Crippen molar-refractivity contribution in [2.45, 2.75) is 39.3 Å². The topological polar surface area (TPSA) is 83.3 Å². The summed E-state index contributed by atoms with van der Waals surface area (Å²) in [7, 11) is 1.69. The monoisotopic (exact) mass is 422 g/mol. The molecule has 0 saturated carbocycles. The molecule has 0 bridgehead atoms. The van der Waals surface area contributed by atoms with Gasteiger partial charge in [0.25, 0.3) is 0 Å². The van der Waals surface area contributed by atoms with Crippen LogP contribution in [0.5, 0.6) is 0 Å². The second-order valence-corrected chi connectivity index (χ2v) is 5.80. The summed E-state index contributed by atoms with van der Waals surface area (Å²) in [6.07, 6.45) is 6.45. The van der Waals surface area contributed by atoms with Crippen molar-refractivity contribution in [3.05, 3.63) is 18.7 Å². The van der Waals surface area contributed by atoms with Gasteiger partial charge in [-0.05, 0) is 27.2 Å². The molecule has 1 aromatic heterocycles. The van der Waals surface area contributed by atoms with E-state index in [0.29, 0.717) is 5.96 Å². The van der Waals surface area contributed by atoms with E-state index in [2.05, 4.69) is 25.9 Å². The van der Waals surface area contributed by atoms with E-state index in [9.17, 15) is 4.79 Å². The van der Waals surface area contributed by atoms with Gasteiger partial charge in [-0.15, -0.1) is 24.0 Å². The summed E-state index contributed by atoms with van der Waals surface area (Å²) in [5, 5.41) is 9.06. The average molecular weight is 422 g/mol. The second-order valence-electron chi connectivity index (χ2n) is 5.80. The summed E-state index contributed by atoms with van der Waals surface area (Å²) in [5.74, 6) is 0.577. The lowest BCUT2D eigenvalue weighted by Gasteiger charge is -2.21. The third-order valence-electron chi connectivity index (χ3n) is 2.60. The molecule has 0 aliphatic heterocycles. The van der Waals surface area contributed by atoms with Crippen LogP contribution in [0.3, 0.4) is 0 Å². The largest absolute Gasteiger partial charge is 0.356 e. The zero-order chi connectivity index (χ0) is 15.7. The number of aliphatic imine (C=N–C) groups is 1. The van der Waals surface area contributed by atoms with E-state index in [1.807, 2.05) is 31.5 Å². The van der Waals surface area contributed by atoms with Gasteiger partial charge in [-0.3, -0.25) is 9.79 Å². The minimum absolute atomic E-state index is 0. The van der Waals surface area contributed by atoms with Crippen molar-refractivity contribution in [3.8, 4) is 0 Å². The van der Waals surface area contributed by atoms with Crippen LogP contribution in [0.4, 0.5) is 0 Å². The Hall–Kier alpha value is -1.32. The van der Waals surface area contributed by atoms with Crippen LogP contribution in [0, 0.1) is 0 Å². The maximum absolute atomic E-state index is 11.7. The van der Waals surface area contributed by atoms with Gasteiger partial charge in [0.15, 0.2) is 5.96 Å². The van der Waals surface area contributed by atoms with Crippen molar-refractivity contribution < 1.29 is 4.79 Å². The van der Waals surface area contributed by atoms with Gasteiger partial charge in [0.2, 0.25) is 5.91 Å². The van der Waals surface area contributed by atoms with Gasteiger partial charge in [-0.25, -0.2) is 4.98 Å². The highest BCUT2D eigenvalue weighted by Crippen LogP contribution is 1.97. The van der Waals surface area contributed by atoms with E-state index in [0.717, 1.165) is 19.5 Å². The summed E-state index contributed by atoms with van der Waals surface area (Å²) in [6, 6.07) is 0. The lowest BCUT2D eigenvalue weighted by Crippen LogP contribution is -2.48. The van der Waals surface area contributed by atoms with Crippen molar-refractivity contribution in [1.29, 1.82) is 0 Å². The number of aryl methyl sites for hydroxylation is 1. The van der Waals surface area contributed by atoms with E-state index in [1.54, 1.807) is 19.6 Å². The lowest BCUT2D eigenvalue weighted by molar-refractivity contribution is -0.121. The molecule has 0 spiro atoms. The highest BCUT2D eigenvalue weighted by Gasteiger charge is 2.13. The van der Waals surface area contributed by atoms with Crippen LogP contribution in [0.2, 0.25) is 0 Å². The molecule has 0 fully saturated rings. The van der Waals surface area contributed by atoms with E-state index < -0.39 is 0 Å². The average Bonchev–Trinajstić information content (AvgIpc) is 2.89. The number of imidazole rings is 1. The van der Waals surface area contributed by atoms with Crippen LogP contribution >= 0.6 is 24.0 Å². The Morgan fingerprint density at radius 1 is 1.32 bits per heavy atom. The van der Waals surface area contributed by atoms with Gasteiger partial charge in [-0.2, -0.15) is 0 Å². The Morgan fingerprint density at radius 2 is 2.05 bits per heavy atom. The molecule has 0 radical (unpaired) electrons. The van der Waals surface area contributed by atoms with Gasteiger partial charge < -0.3 is 20.5 Å². The summed E-state index contributed by atoms with van der Waals surface area (Å²) >= 11 is 0. The number of amides is 1. The number of halogens is 1. The van der Waals surface area contributed by atoms with E-state index in [-0.39, 0.29) is 42.0 Å². The van der Waals surface area contributed by atoms with E-state index in [1.165, 1.54) is 0 Å². The molecule has 1 heterocycles. The Labute approximate surface area is 149 Å². The lowest BCUT2D eigenvalue weighted by atomic mass is 10.1. The molecule has 0 aliphatic carbocycles. The SMILES string of the molecule is CN=C(NCCCn1ccnc1)NCC(=O)NC(C)(C)C.I. The van der Waals surface area contributed by atoms with Gasteiger partial charge >= 0.3 is 0 Å². The minimum atomic E-state index is -0.222. The quantitative estimate of drug-likeness (QED) is 0.276. The Morgan fingerprint density at radius 3 is 2.59 bits per heavy atom. The van der Waals surface area contributed by atoms with Crippen LogP contribution in [-0.2, 0) is 11.3 Å². The zero-order valence-electron chi connectivity index (χ0n) is 13.7. The molecular formula is C14H27IN6O. The summed E-state index contributed by atoms with van der Waals surface area (Å²) in [6.45, 7) is 7.74. The van der Waals surface area contributed by atoms with Crippen LogP contribution < -0.4 is 16.0 Å². The fourth-order valence-electron chi connectivity index (χ4n) is 1.73. The van der Waals surface area contributed by atoms with Crippen molar-refractivity contribution in [2.75, 3.05) is 20.1 Å². The first-order valence-corrected chi connectivity index (χ1v) is 7.12. The fourth-order valence-corrected chi connectivity index (χ4v) is 1.73.